The maximum atomic E-state index is 9.61. The van der Waals surface area contributed by atoms with Crippen molar-refractivity contribution in [2.24, 2.45) is 5.73 Å². The molecule has 2 N–H and O–H groups in total. The zero-order chi connectivity index (χ0) is 4.83. The fourth-order valence-electron chi connectivity index (χ4n) is 0.116. The molecule has 0 amide bonds. The normalized spacial score (nSPS) is 10.7. The highest BCUT2D eigenvalue weighted by molar-refractivity contribution is 7.23. The molecule has 0 aromatic rings. The highest BCUT2D eigenvalue weighted by Gasteiger charge is 1.62. The van der Waals surface area contributed by atoms with E-state index in [-0.39, 0.29) is 8.46 Å². The van der Waals surface area contributed by atoms with Crippen LogP contribution in [-0.4, -0.2) is 6.16 Å². The molecule has 0 aromatic heterocycles. The van der Waals surface area contributed by atoms with E-state index in [9.17, 15) is 4.57 Å². The van der Waals surface area contributed by atoms with E-state index in [0.29, 0.717) is 6.16 Å². The summed E-state index contributed by atoms with van der Waals surface area (Å²) in [5, 5.41) is 0. The van der Waals surface area contributed by atoms with Crippen molar-refractivity contribution in [1.82, 2.24) is 0 Å². The van der Waals surface area contributed by atoms with E-state index in [1.54, 1.807) is 6.08 Å². The molecule has 0 aliphatic heterocycles. The molecule has 0 aromatic carbocycles. The van der Waals surface area contributed by atoms with Crippen LogP contribution in [0.2, 0.25) is 0 Å². The summed E-state index contributed by atoms with van der Waals surface area (Å²) in [6.07, 6.45) is 3.63. The van der Waals surface area contributed by atoms with Crippen LogP contribution in [0.4, 0.5) is 0 Å². The first kappa shape index (κ1) is 5.64. The van der Waals surface area contributed by atoms with E-state index in [1.165, 1.54) is 6.20 Å². The van der Waals surface area contributed by atoms with E-state index in [0.717, 1.165) is 0 Å². The van der Waals surface area contributed by atoms with Crippen LogP contribution in [0.3, 0.4) is 0 Å². The van der Waals surface area contributed by atoms with Crippen molar-refractivity contribution < 1.29 is 4.57 Å². The summed E-state index contributed by atoms with van der Waals surface area (Å²) in [5.41, 5.74) is 4.90. The number of rotatable bonds is 2. The van der Waals surface area contributed by atoms with Gasteiger partial charge in [0.1, 0.15) is 0 Å². The van der Waals surface area contributed by atoms with Crippen LogP contribution >= 0.6 is 8.46 Å². The Labute approximate surface area is 38.2 Å². The first-order valence-corrected chi connectivity index (χ1v) is 2.75. The van der Waals surface area contributed by atoms with Crippen molar-refractivity contribution in [3.8, 4) is 0 Å². The van der Waals surface area contributed by atoms with Gasteiger partial charge in [-0.05, 0) is 6.20 Å². The number of allylic oxidation sites excluding steroid dienone is 1. The lowest BCUT2D eigenvalue weighted by molar-refractivity contribution is 0.600. The highest BCUT2D eigenvalue weighted by Crippen LogP contribution is 1.87. The molecule has 6 heavy (non-hydrogen) atoms. The topological polar surface area (TPSA) is 43.1 Å². The minimum absolute atomic E-state index is 0.252. The molecule has 1 unspecified atom stereocenters. The summed E-state index contributed by atoms with van der Waals surface area (Å²) in [4.78, 5) is 0. The van der Waals surface area contributed by atoms with Crippen LogP contribution in [0, 0.1) is 0 Å². The highest BCUT2D eigenvalue weighted by atomic mass is 31.1. The maximum Gasteiger partial charge on any atom is 0.0620 e. The van der Waals surface area contributed by atoms with E-state index in [2.05, 4.69) is 0 Å². The quantitative estimate of drug-likeness (QED) is 0.518. The van der Waals surface area contributed by atoms with Gasteiger partial charge in [0.2, 0.25) is 0 Å². The van der Waals surface area contributed by atoms with E-state index in [4.69, 9.17) is 5.73 Å². The molecular formula is C3H7NOP. The largest absolute Gasteiger partial charge is 0.405 e. The molecule has 0 saturated heterocycles. The zero-order valence-corrected chi connectivity index (χ0v) is 4.35. The van der Waals surface area contributed by atoms with Crippen LogP contribution < -0.4 is 5.73 Å². The van der Waals surface area contributed by atoms with Crippen LogP contribution in [0.1, 0.15) is 0 Å². The first-order valence-electron chi connectivity index (χ1n) is 1.63. The fraction of sp³-hybridized carbons (Fsp3) is 0.333. The van der Waals surface area contributed by atoms with Crippen molar-refractivity contribution in [2.45, 2.75) is 0 Å². The van der Waals surface area contributed by atoms with Gasteiger partial charge in [0.25, 0.3) is 0 Å². The smallest absolute Gasteiger partial charge is 0.0620 e. The van der Waals surface area contributed by atoms with E-state index < -0.39 is 0 Å². The summed E-state index contributed by atoms with van der Waals surface area (Å²) in [7, 11) is -0.252. The summed E-state index contributed by atoms with van der Waals surface area (Å²) in [6.45, 7) is 0. The number of hydrogen-bond acceptors (Lipinski definition) is 2. The minimum Gasteiger partial charge on any atom is -0.405 e. The van der Waals surface area contributed by atoms with Gasteiger partial charge in [-0.1, -0.05) is 6.08 Å². The molecule has 1 atom stereocenters. The minimum atomic E-state index is -0.252. The van der Waals surface area contributed by atoms with Gasteiger partial charge in [0, 0.05) is 6.16 Å². The number of hydrogen-bond donors (Lipinski definition) is 1. The van der Waals surface area contributed by atoms with Crippen LogP contribution in [0.15, 0.2) is 12.3 Å². The molecule has 0 aliphatic rings. The van der Waals surface area contributed by atoms with Gasteiger partial charge in [-0.3, -0.25) is 4.57 Å². The Bertz CT molecular complexity index is 61.8. The molecule has 0 fully saturated rings. The Morgan fingerprint density at radius 2 is 2.50 bits per heavy atom. The molecule has 0 aliphatic carbocycles. The molecule has 1 radical (unpaired) electrons. The Kier molecular flexibility index (Phi) is 4.36. The SMILES string of the molecule is NC=CC[PH]=O. The molecule has 2 nitrogen and oxygen atoms in total. The fourth-order valence-corrected chi connectivity index (χ4v) is 0.348. The second kappa shape index (κ2) is 4.64. The van der Waals surface area contributed by atoms with Crippen molar-refractivity contribution in [3.05, 3.63) is 12.3 Å². The molecule has 35 valence electrons. The van der Waals surface area contributed by atoms with Crippen LogP contribution in [0.25, 0.3) is 0 Å². The average Bonchev–Trinajstić information content (AvgIpc) is 1.61. The Hall–Kier alpha value is -0.360. The van der Waals surface area contributed by atoms with Crippen molar-refractivity contribution in [3.63, 3.8) is 0 Å². The number of nitrogens with two attached hydrogens (primary N) is 1. The Morgan fingerprint density at radius 1 is 1.83 bits per heavy atom. The molecular weight excluding hydrogens is 97.0 g/mol. The average molecular weight is 104 g/mol. The monoisotopic (exact) mass is 104 g/mol. The van der Waals surface area contributed by atoms with Crippen LogP contribution in [-0.2, 0) is 4.57 Å². The maximum absolute atomic E-state index is 9.61. The summed E-state index contributed by atoms with van der Waals surface area (Å²) in [6, 6.07) is 0. The third-order valence-electron chi connectivity index (χ3n) is 0.337. The van der Waals surface area contributed by atoms with Gasteiger partial charge in [0.15, 0.2) is 0 Å². The first-order chi connectivity index (χ1) is 2.91. The van der Waals surface area contributed by atoms with Crippen LogP contribution in [0.5, 0.6) is 0 Å². The van der Waals surface area contributed by atoms with Crippen molar-refractivity contribution >= 4 is 8.46 Å². The third-order valence-corrected chi connectivity index (χ3v) is 0.740. The molecule has 0 heterocycles. The van der Waals surface area contributed by atoms with Gasteiger partial charge in [-0.25, -0.2) is 0 Å². The lowest BCUT2D eigenvalue weighted by atomic mass is 10.7. The van der Waals surface area contributed by atoms with Crippen molar-refractivity contribution in [2.75, 3.05) is 6.16 Å². The predicted octanol–water partition coefficient (Wildman–Crippen LogP) is 0.483. The van der Waals surface area contributed by atoms with E-state index >= 15 is 0 Å². The standard InChI is InChI=1S/C3H7NOP/c4-2-1-3-6-5/h1-2,6H,3-4H2. The van der Waals surface area contributed by atoms with Gasteiger partial charge < -0.3 is 5.73 Å². The molecule has 0 rings (SSSR count). The van der Waals surface area contributed by atoms with E-state index in [1.807, 2.05) is 0 Å². The Morgan fingerprint density at radius 3 is 2.67 bits per heavy atom. The lowest BCUT2D eigenvalue weighted by Crippen LogP contribution is -1.74. The molecule has 3 heteroatoms. The summed E-state index contributed by atoms with van der Waals surface area (Å²) in [5.74, 6) is 0. The summed E-state index contributed by atoms with van der Waals surface area (Å²) < 4.78 is 9.61. The van der Waals surface area contributed by atoms with Gasteiger partial charge in [0.05, 0.1) is 8.46 Å². The second-order valence-corrected chi connectivity index (χ2v) is 1.47. The van der Waals surface area contributed by atoms with Gasteiger partial charge in [-0.2, -0.15) is 0 Å². The predicted molar refractivity (Wildman–Crippen MR) is 27.2 cm³/mol. The molecule has 0 bridgehead atoms. The third kappa shape index (κ3) is 3.64. The summed E-state index contributed by atoms with van der Waals surface area (Å²) >= 11 is 0. The Balaban J connectivity index is 2.85. The van der Waals surface area contributed by atoms with Gasteiger partial charge in [-0.15, -0.1) is 0 Å². The second-order valence-electron chi connectivity index (χ2n) is 0.777. The lowest BCUT2D eigenvalue weighted by Gasteiger charge is -1.67. The zero-order valence-electron chi connectivity index (χ0n) is 3.35. The van der Waals surface area contributed by atoms with Gasteiger partial charge >= 0.3 is 0 Å². The van der Waals surface area contributed by atoms with Crippen molar-refractivity contribution in [1.29, 1.82) is 0 Å². The molecule has 0 spiro atoms. The molecule has 0 saturated carbocycles.